The lowest BCUT2D eigenvalue weighted by atomic mass is 9.88. The molecule has 0 aromatic heterocycles. The topological polar surface area (TPSA) is 246 Å². The zero-order valence-corrected chi connectivity index (χ0v) is 23.0. The second kappa shape index (κ2) is 13.5. The molecule has 1 aromatic rings. The molecule has 11 N–H and O–H groups in total. The zero-order valence-electron chi connectivity index (χ0n) is 22.2. The minimum atomic E-state index is -1.05. The Hall–Kier alpha value is -4.12. The van der Waals surface area contributed by atoms with Crippen molar-refractivity contribution < 1.29 is 14.7 Å². The number of aliphatic hydroxyl groups excluding tert-OH is 1. The number of nitrogens with zero attached hydrogens (tertiary/aromatic N) is 6. The number of amides is 2. The average Bonchev–Trinajstić information content (AvgIpc) is 3.35. The van der Waals surface area contributed by atoms with Crippen molar-refractivity contribution in [2.24, 2.45) is 43.1 Å². The highest BCUT2D eigenvalue weighted by atomic mass is 35.5. The number of halogens is 1. The summed E-state index contributed by atoms with van der Waals surface area (Å²) in [6.07, 6.45) is 1.71. The van der Waals surface area contributed by atoms with Crippen molar-refractivity contribution in [3.8, 4) is 0 Å². The van der Waals surface area contributed by atoms with Crippen LogP contribution in [0.1, 0.15) is 37.3 Å². The first kappa shape index (κ1) is 29.9. The van der Waals surface area contributed by atoms with Crippen LogP contribution in [-0.2, 0) is 9.59 Å². The van der Waals surface area contributed by atoms with Gasteiger partial charge in [0.25, 0.3) is 5.91 Å². The van der Waals surface area contributed by atoms with Gasteiger partial charge in [0.2, 0.25) is 5.91 Å². The van der Waals surface area contributed by atoms with Gasteiger partial charge in [-0.15, -0.1) is 10.2 Å². The molecule has 16 nitrogen and oxygen atoms in total. The van der Waals surface area contributed by atoms with Crippen LogP contribution in [0.15, 0.2) is 78.8 Å². The molecule has 41 heavy (non-hydrogen) atoms. The van der Waals surface area contributed by atoms with Crippen LogP contribution in [0.4, 0.5) is 0 Å². The number of nitrogens with one attached hydrogen (secondary N) is 4. The first-order valence-electron chi connectivity index (χ1n) is 13.0. The lowest BCUT2D eigenvalue weighted by molar-refractivity contribution is -0.132. The molecule has 0 aliphatic carbocycles. The van der Waals surface area contributed by atoms with E-state index in [0.717, 1.165) is 5.56 Å². The van der Waals surface area contributed by atoms with Crippen molar-refractivity contribution in [2.45, 2.75) is 49.7 Å². The van der Waals surface area contributed by atoms with Gasteiger partial charge in [-0.25, -0.2) is 4.99 Å². The van der Waals surface area contributed by atoms with Gasteiger partial charge in [-0.2, -0.15) is 0 Å². The van der Waals surface area contributed by atoms with E-state index in [1.807, 2.05) is 30.3 Å². The molecule has 3 aliphatic rings. The fourth-order valence-corrected chi connectivity index (χ4v) is 5.07. The monoisotopic (exact) mass is 587 g/mol. The van der Waals surface area contributed by atoms with E-state index in [-0.39, 0.29) is 46.7 Å². The third-order valence-corrected chi connectivity index (χ3v) is 7.38. The molecule has 0 saturated carbocycles. The summed E-state index contributed by atoms with van der Waals surface area (Å²) in [6.45, 7) is 1.66. The van der Waals surface area contributed by atoms with E-state index in [9.17, 15) is 14.7 Å². The van der Waals surface area contributed by atoms with Crippen LogP contribution in [0.25, 0.3) is 0 Å². The Kier molecular flexibility index (Phi) is 9.82. The van der Waals surface area contributed by atoms with Crippen LogP contribution < -0.4 is 38.7 Å². The quantitative estimate of drug-likeness (QED) is 0.0647. The third-order valence-electron chi connectivity index (χ3n) is 7.11. The summed E-state index contributed by atoms with van der Waals surface area (Å²) < 4.78 is 0. The van der Waals surface area contributed by atoms with Gasteiger partial charge in [-0.3, -0.25) is 20.2 Å². The molecule has 0 radical (unpaired) electrons. The predicted molar refractivity (Wildman–Crippen MR) is 150 cm³/mol. The van der Waals surface area contributed by atoms with Crippen LogP contribution in [-0.4, -0.2) is 65.2 Å². The Morgan fingerprint density at radius 1 is 1.22 bits per heavy atom. The Labute approximate surface area is 241 Å². The van der Waals surface area contributed by atoms with Gasteiger partial charge in [-0.1, -0.05) is 52.4 Å². The lowest BCUT2D eigenvalue weighted by Crippen LogP contribution is -2.58. The molecule has 1 aromatic carbocycles. The number of likely N-dealkylation sites (tertiary alicyclic amines) is 1. The van der Waals surface area contributed by atoms with Crippen molar-refractivity contribution in [3.05, 3.63) is 58.7 Å². The number of piperidine rings is 1. The highest BCUT2D eigenvalue weighted by Crippen LogP contribution is 2.26. The number of carbonyl (C=O) groups is 2. The lowest BCUT2D eigenvalue weighted by Gasteiger charge is -2.39. The van der Waals surface area contributed by atoms with E-state index in [2.05, 4.69) is 46.9 Å². The summed E-state index contributed by atoms with van der Waals surface area (Å²) in [5.41, 5.74) is 6.62. The number of aliphatic hydroxyl groups is 1. The maximum Gasteiger partial charge on any atom is 0.272 e. The number of benzene rings is 1. The van der Waals surface area contributed by atoms with E-state index >= 15 is 0 Å². The maximum atomic E-state index is 13.0. The summed E-state index contributed by atoms with van der Waals surface area (Å²) in [6, 6.07) is 8.99. The normalized spacial score (nSPS) is 23.6. The molecular weight excluding hydrogens is 554 g/mol. The fraction of sp³-hybridized carbons (Fsp3) is 0.458. The number of allylic oxidation sites excluding steroid dienone is 1. The van der Waals surface area contributed by atoms with Gasteiger partial charge in [0.1, 0.15) is 6.29 Å². The van der Waals surface area contributed by atoms with Crippen LogP contribution in [0, 0.1) is 0 Å². The number of aliphatic imine (C=N–C) groups is 1. The van der Waals surface area contributed by atoms with E-state index < -0.39 is 24.4 Å². The van der Waals surface area contributed by atoms with E-state index in [4.69, 9.17) is 29.0 Å². The number of hydrogen-bond acceptors (Lipinski definition) is 12. The Morgan fingerprint density at radius 2 is 1.95 bits per heavy atom. The minimum absolute atomic E-state index is 0.0162. The van der Waals surface area contributed by atoms with Gasteiger partial charge in [-0.05, 0) is 24.5 Å². The molecule has 2 fully saturated rings. The smallest absolute Gasteiger partial charge is 0.272 e. The molecule has 3 atom stereocenters. The summed E-state index contributed by atoms with van der Waals surface area (Å²) in [5, 5.41) is 36.1. The van der Waals surface area contributed by atoms with E-state index in [0.29, 0.717) is 32.5 Å². The molecule has 3 aliphatic heterocycles. The van der Waals surface area contributed by atoms with Gasteiger partial charge in [0, 0.05) is 38.0 Å². The van der Waals surface area contributed by atoms with Crippen molar-refractivity contribution in [2.75, 3.05) is 19.6 Å². The second-order valence-corrected chi connectivity index (χ2v) is 10.2. The zero-order chi connectivity index (χ0) is 29.4. The Balaban J connectivity index is 1.26. The van der Waals surface area contributed by atoms with Gasteiger partial charge >= 0.3 is 0 Å². The molecule has 2 saturated heterocycles. The first-order valence-corrected chi connectivity index (χ1v) is 13.4. The SMILES string of the molecule is NN=NC1=C(Cl)N=C(C(=O)NC2NCC3(CCN(C(=O)CC/C(O)=C/C(N)c4ccccc4)CC3)N2)C(N=NN)N1. The molecule has 1 spiro atoms. The Bertz CT molecular complexity index is 1260. The van der Waals surface area contributed by atoms with Crippen LogP contribution in [0.2, 0.25) is 0 Å². The largest absolute Gasteiger partial charge is 0.513 e. The van der Waals surface area contributed by atoms with Crippen molar-refractivity contribution in [3.63, 3.8) is 0 Å². The number of nitrogens with two attached hydrogens (primary N) is 3. The van der Waals surface area contributed by atoms with Gasteiger partial charge in [0.15, 0.2) is 22.9 Å². The highest BCUT2D eigenvalue weighted by Gasteiger charge is 2.42. The van der Waals surface area contributed by atoms with E-state index in [1.54, 1.807) is 11.0 Å². The summed E-state index contributed by atoms with van der Waals surface area (Å²) in [7, 11) is 0. The standard InChI is InChI=1S/C24H34ClN13O3/c25-19-21(35-37-28)31-20(34-36-27)18(30-19)22(41)32-23-29-13-24(33-23)8-10-38(11-9-24)17(40)7-6-15(39)12-16(26)14-4-2-1-3-5-14/h1-5,12,16,20,23,29,31,33,39H,6-11,13,26H2,(H2,27,34)(H2,28,35)(H,32,41)/b15-12-. The summed E-state index contributed by atoms with van der Waals surface area (Å²) in [5.74, 6) is 9.74. The first-order chi connectivity index (χ1) is 19.7. The molecule has 17 heteroatoms. The number of hydrogen-bond donors (Lipinski definition) is 8. The molecular formula is C24H34ClN13O3. The number of rotatable bonds is 9. The maximum absolute atomic E-state index is 13.0. The summed E-state index contributed by atoms with van der Waals surface area (Å²) >= 11 is 6.08. The fourth-order valence-electron chi connectivity index (χ4n) is 4.89. The molecule has 0 bridgehead atoms. The van der Waals surface area contributed by atoms with Crippen molar-refractivity contribution in [1.82, 2.24) is 26.2 Å². The van der Waals surface area contributed by atoms with Crippen LogP contribution >= 0.6 is 11.6 Å². The highest BCUT2D eigenvalue weighted by molar-refractivity contribution is 6.43. The minimum Gasteiger partial charge on any atom is -0.513 e. The van der Waals surface area contributed by atoms with Gasteiger partial charge in [0.05, 0.1) is 11.8 Å². The third kappa shape index (κ3) is 7.55. The van der Waals surface area contributed by atoms with Crippen molar-refractivity contribution in [1.29, 1.82) is 0 Å². The van der Waals surface area contributed by atoms with E-state index in [1.165, 1.54) is 0 Å². The second-order valence-electron chi connectivity index (χ2n) is 9.82. The number of carbonyl (C=O) groups excluding carboxylic acids is 2. The Morgan fingerprint density at radius 3 is 2.63 bits per heavy atom. The van der Waals surface area contributed by atoms with Crippen molar-refractivity contribution >= 4 is 29.1 Å². The molecule has 4 rings (SSSR count). The van der Waals surface area contributed by atoms with Crippen LogP contribution in [0.3, 0.4) is 0 Å². The molecule has 3 unspecified atom stereocenters. The molecule has 2 amide bonds. The van der Waals surface area contributed by atoms with Gasteiger partial charge < -0.3 is 38.1 Å². The molecule has 3 heterocycles. The average molecular weight is 588 g/mol. The molecule has 220 valence electrons. The summed E-state index contributed by atoms with van der Waals surface area (Å²) in [4.78, 5) is 31.6. The van der Waals surface area contributed by atoms with Crippen LogP contribution in [0.5, 0.6) is 0 Å². The predicted octanol–water partition coefficient (Wildman–Crippen LogP) is 0.250.